The first kappa shape index (κ1) is 15.6. The largest absolute Gasteiger partial charge is 0.399 e. The molecule has 1 atom stereocenters. The first-order chi connectivity index (χ1) is 11.1. The SMILES string of the molecule is CC(c1ccccc1)N1CCN(C(=O)c2ccc(N)cc2)CC1. The predicted molar refractivity (Wildman–Crippen MR) is 93.2 cm³/mol. The van der Waals surface area contributed by atoms with Crippen LogP contribution in [0.3, 0.4) is 0 Å². The van der Waals surface area contributed by atoms with Gasteiger partial charge in [0, 0.05) is 43.5 Å². The van der Waals surface area contributed by atoms with Gasteiger partial charge in [0.15, 0.2) is 0 Å². The second-order valence-corrected chi connectivity index (χ2v) is 6.04. The van der Waals surface area contributed by atoms with E-state index >= 15 is 0 Å². The highest BCUT2D eigenvalue weighted by molar-refractivity contribution is 5.94. The van der Waals surface area contributed by atoms with Gasteiger partial charge < -0.3 is 10.6 Å². The minimum absolute atomic E-state index is 0.0945. The number of rotatable bonds is 3. The van der Waals surface area contributed by atoms with Crippen LogP contribution in [-0.2, 0) is 0 Å². The lowest BCUT2D eigenvalue weighted by molar-refractivity contribution is 0.0582. The maximum atomic E-state index is 12.5. The summed E-state index contributed by atoms with van der Waals surface area (Å²) in [5, 5.41) is 0. The van der Waals surface area contributed by atoms with Crippen molar-refractivity contribution in [2.45, 2.75) is 13.0 Å². The Morgan fingerprint density at radius 2 is 1.57 bits per heavy atom. The number of carbonyl (C=O) groups excluding carboxylic acids is 1. The molecular weight excluding hydrogens is 286 g/mol. The van der Waals surface area contributed by atoms with Crippen molar-refractivity contribution in [1.82, 2.24) is 9.80 Å². The highest BCUT2D eigenvalue weighted by Crippen LogP contribution is 2.21. The van der Waals surface area contributed by atoms with Gasteiger partial charge in [-0.3, -0.25) is 9.69 Å². The van der Waals surface area contributed by atoms with E-state index in [0.717, 1.165) is 26.2 Å². The van der Waals surface area contributed by atoms with Crippen LogP contribution in [0, 0.1) is 0 Å². The summed E-state index contributed by atoms with van der Waals surface area (Å²) in [5.74, 6) is 0.0945. The summed E-state index contributed by atoms with van der Waals surface area (Å²) in [6.07, 6.45) is 0. The van der Waals surface area contributed by atoms with Gasteiger partial charge in [-0.15, -0.1) is 0 Å². The molecule has 4 heteroatoms. The monoisotopic (exact) mass is 309 g/mol. The molecule has 2 aromatic carbocycles. The number of nitrogens with zero attached hydrogens (tertiary/aromatic N) is 2. The molecule has 0 aromatic heterocycles. The molecule has 1 heterocycles. The Hall–Kier alpha value is -2.33. The number of nitrogens with two attached hydrogens (primary N) is 1. The molecule has 1 aliphatic heterocycles. The van der Waals surface area contributed by atoms with E-state index in [0.29, 0.717) is 17.3 Å². The van der Waals surface area contributed by atoms with Gasteiger partial charge >= 0.3 is 0 Å². The van der Waals surface area contributed by atoms with Gasteiger partial charge in [-0.25, -0.2) is 0 Å². The van der Waals surface area contributed by atoms with E-state index < -0.39 is 0 Å². The zero-order chi connectivity index (χ0) is 16.2. The maximum Gasteiger partial charge on any atom is 0.253 e. The van der Waals surface area contributed by atoms with Crippen molar-refractivity contribution in [2.24, 2.45) is 0 Å². The van der Waals surface area contributed by atoms with Crippen LogP contribution in [0.25, 0.3) is 0 Å². The quantitative estimate of drug-likeness (QED) is 0.887. The summed E-state index contributed by atoms with van der Waals surface area (Å²) in [6, 6.07) is 18.1. The Morgan fingerprint density at radius 1 is 0.957 bits per heavy atom. The molecule has 0 saturated carbocycles. The fourth-order valence-electron chi connectivity index (χ4n) is 3.06. The number of benzene rings is 2. The fraction of sp³-hybridized carbons (Fsp3) is 0.316. The Morgan fingerprint density at radius 3 is 2.17 bits per heavy atom. The van der Waals surface area contributed by atoms with Crippen molar-refractivity contribution in [3.8, 4) is 0 Å². The van der Waals surface area contributed by atoms with E-state index in [1.165, 1.54) is 5.56 Å². The molecule has 4 nitrogen and oxygen atoms in total. The van der Waals surface area contributed by atoms with Crippen LogP contribution in [0.15, 0.2) is 54.6 Å². The van der Waals surface area contributed by atoms with Crippen molar-refractivity contribution < 1.29 is 4.79 Å². The summed E-state index contributed by atoms with van der Waals surface area (Å²) in [7, 11) is 0. The Bertz CT molecular complexity index is 646. The predicted octanol–water partition coefficient (Wildman–Crippen LogP) is 2.79. The number of carbonyl (C=O) groups is 1. The minimum Gasteiger partial charge on any atom is -0.399 e. The average Bonchev–Trinajstić information content (AvgIpc) is 2.62. The van der Waals surface area contributed by atoms with Gasteiger partial charge in [0.05, 0.1) is 0 Å². The van der Waals surface area contributed by atoms with Crippen molar-refractivity contribution in [1.29, 1.82) is 0 Å². The number of amides is 1. The normalized spacial score (nSPS) is 17.0. The molecule has 1 amide bonds. The Balaban J connectivity index is 1.60. The van der Waals surface area contributed by atoms with E-state index in [2.05, 4.69) is 36.1 Å². The molecule has 3 rings (SSSR count). The van der Waals surface area contributed by atoms with Gasteiger partial charge in [-0.1, -0.05) is 30.3 Å². The first-order valence-electron chi connectivity index (χ1n) is 8.09. The lowest BCUT2D eigenvalue weighted by Gasteiger charge is -2.38. The fourth-order valence-corrected chi connectivity index (χ4v) is 3.06. The number of anilines is 1. The maximum absolute atomic E-state index is 12.5. The molecule has 23 heavy (non-hydrogen) atoms. The van der Waals surface area contributed by atoms with Crippen molar-refractivity contribution in [3.05, 3.63) is 65.7 Å². The minimum atomic E-state index is 0.0945. The molecule has 0 radical (unpaired) electrons. The molecule has 0 aliphatic carbocycles. The molecule has 2 aromatic rings. The summed E-state index contributed by atoms with van der Waals surface area (Å²) >= 11 is 0. The summed E-state index contributed by atoms with van der Waals surface area (Å²) in [4.78, 5) is 16.9. The van der Waals surface area contributed by atoms with Crippen molar-refractivity contribution >= 4 is 11.6 Å². The van der Waals surface area contributed by atoms with E-state index in [4.69, 9.17) is 5.73 Å². The standard InChI is InChI=1S/C19H23N3O/c1-15(16-5-3-2-4-6-16)21-11-13-22(14-12-21)19(23)17-7-9-18(20)10-8-17/h2-10,15H,11-14,20H2,1H3. The van der Waals surface area contributed by atoms with Crippen molar-refractivity contribution in [2.75, 3.05) is 31.9 Å². The van der Waals surface area contributed by atoms with Crippen LogP contribution in [-0.4, -0.2) is 41.9 Å². The van der Waals surface area contributed by atoms with Crippen LogP contribution in [0.5, 0.6) is 0 Å². The van der Waals surface area contributed by atoms with Gasteiger partial charge in [0.2, 0.25) is 0 Å². The molecule has 1 unspecified atom stereocenters. The third-order valence-corrected chi connectivity index (χ3v) is 4.59. The van der Waals surface area contributed by atoms with E-state index in [9.17, 15) is 4.79 Å². The lowest BCUT2D eigenvalue weighted by Crippen LogP contribution is -2.49. The zero-order valence-electron chi connectivity index (χ0n) is 13.5. The number of piperazine rings is 1. The molecule has 1 fully saturated rings. The number of hydrogen-bond donors (Lipinski definition) is 1. The molecule has 0 bridgehead atoms. The third-order valence-electron chi connectivity index (χ3n) is 4.59. The lowest BCUT2D eigenvalue weighted by atomic mass is 10.1. The second kappa shape index (κ2) is 6.84. The highest BCUT2D eigenvalue weighted by Gasteiger charge is 2.25. The summed E-state index contributed by atoms with van der Waals surface area (Å²) < 4.78 is 0. The van der Waals surface area contributed by atoms with Crippen LogP contribution in [0.2, 0.25) is 0 Å². The first-order valence-corrected chi connectivity index (χ1v) is 8.09. The highest BCUT2D eigenvalue weighted by atomic mass is 16.2. The van der Waals surface area contributed by atoms with E-state index in [1.54, 1.807) is 24.3 Å². The van der Waals surface area contributed by atoms with Crippen LogP contribution in [0.4, 0.5) is 5.69 Å². The van der Waals surface area contributed by atoms with Gasteiger partial charge in [-0.2, -0.15) is 0 Å². The van der Waals surface area contributed by atoms with Crippen LogP contribution >= 0.6 is 0 Å². The Kier molecular flexibility index (Phi) is 4.63. The number of hydrogen-bond acceptors (Lipinski definition) is 3. The second-order valence-electron chi connectivity index (χ2n) is 6.04. The molecule has 0 spiro atoms. The van der Waals surface area contributed by atoms with Crippen LogP contribution < -0.4 is 5.73 Å². The summed E-state index contributed by atoms with van der Waals surface area (Å²) in [5.41, 5.74) is 8.40. The number of nitrogen functional groups attached to an aromatic ring is 1. The smallest absolute Gasteiger partial charge is 0.253 e. The molecule has 120 valence electrons. The van der Waals surface area contributed by atoms with Gasteiger partial charge in [-0.05, 0) is 36.8 Å². The van der Waals surface area contributed by atoms with Gasteiger partial charge in [0.25, 0.3) is 5.91 Å². The van der Waals surface area contributed by atoms with Crippen molar-refractivity contribution in [3.63, 3.8) is 0 Å². The van der Waals surface area contributed by atoms with Gasteiger partial charge in [0.1, 0.15) is 0 Å². The molecule has 1 aliphatic rings. The average molecular weight is 309 g/mol. The summed E-state index contributed by atoms with van der Waals surface area (Å²) in [6.45, 7) is 5.56. The topological polar surface area (TPSA) is 49.6 Å². The van der Waals surface area contributed by atoms with E-state index in [-0.39, 0.29) is 5.91 Å². The third kappa shape index (κ3) is 3.54. The Labute approximate surface area is 137 Å². The molecular formula is C19H23N3O. The zero-order valence-corrected chi connectivity index (χ0v) is 13.5. The van der Waals surface area contributed by atoms with E-state index in [1.807, 2.05) is 11.0 Å². The molecule has 1 saturated heterocycles. The van der Waals surface area contributed by atoms with Crippen LogP contribution in [0.1, 0.15) is 28.9 Å². The molecule has 2 N–H and O–H groups in total.